The number of benzene rings is 1. The van der Waals surface area contributed by atoms with Crippen molar-refractivity contribution in [3.05, 3.63) is 28.9 Å². The van der Waals surface area contributed by atoms with E-state index in [1.165, 1.54) is 0 Å². The minimum absolute atomic E-state index is 0.0390. The molecule has 20 heavy (non-hydrogen) atoms. The summed E-state index contributed by atoms with van der Waals surface area (Å²) in [5, 5.41) is 11.8. The van der Waals surface area contributed by atoms with E-state index >= 15 is 0 Å². The largest absolute Gasteiger partial charge is 0.478 e. The molecule has 0 atom stereocenters. The summed E-state index contributed by atoms with van der Waals surface area (Å²) in [7, 11) is 0. The van der Waals surface area contributed by atoms with Crippen LogP contribution in [-0.2, 0) is 9.59 Å². The van der Waals surface area contributed by atoms with E-state index in [-0.39, 0.29) is 27.0 Å². The van der Waals surface area contributed by atoms with Gasteiger partial charge in [0.2, 0.25) is 5.91 Å². The van der Waals surface area contributed by atoms with Gasteiger partial charge in [-0.15, -0.1) is 0 Å². The number of carboxylic acid groups (broad SMARTS) is 1. The number of hydrogen-bond donors (Lipinski definition) is 2. The summed E-state index contributed by atoms with van der Waals surface area (Å²) in [6.07, 6.45) is 1.06. The standard InChI is InChI=1S/C11H6I3NO5/c1-2-4(17)15-9-6(12)5(11(18)19)7(13)10(8(9)14)20-3-16/h2-3H,1H2,(H,15,17)(H,18,19). The Bertz CT molecular complexity index is 615. The van der Waals surface area contributed by atoms with Gasteiger partial charge in [0.05, 0.1) is 22.0 Å². The van der Waals surface area contributed by atoms with Crippen molar-refractivity contribution in [1.82, 2.24) is 0 Å². The van der Waals surface area contributed by atoms with E-state index in [4.69, 9.17) is 4.74 Å². The van der Waals surface area contributed by atoms with Crippen molar-refractivity contribution in [1.29, 1.82) is 0 Å². The van der Waals surface area contributed by atoms with E-state index in [1.807, 2.05) is 45.2 Å². The summed E-state index contributed by atoms with van der Waals surface area (Å²) in [5.74, 6) is -1.58. The van der Waals surface area contributed by atoms with Crippen LogP contribution in [-0.4, -0.2) is 23.5 Å². The van der Waals surface area contributed by atoms with Crippen molar-refractivity contribution in [2.45, 2.75) is 0 Å². The van der Waals surface area contributed by atoms with Gasteiger partial charge in [0.25, 0.3) is 6.47 Å². The number of ether oxygens (including phenoxy) is 1. The van der Waals surface area contributed by atoms with Crippen LogP contribution in [0, 0.1) is 10.7 Å². The normalized spacial score (nSPS) is 9.75. The molecule has 1 rings (SSSR count). The van der Waals surface area contributed by atoms with E-state index in [0.717, 1.165) is 6.08 Å². The smallest absolute Gasteiger partial charge is 0.338 e. The molecule has 1 aromatic carbocycles. The zero-order valence-electron chi connectivity index (χ0n) is 9.58. The summed E-state index contributed by atoms with van der Waals surface area (Å²) in [6, 6.07) is 0. The van der Waals surface area contributed by atoms with Crippen molar-refractivity contribution in [2.24, 2.45) is 0 Å². The number of anilines is 1. The summed E-state index contributed by atoms with van der Waals surface area (Å²) in [4.78, 5) is 33.3. The van der Waals surface area contributed by atoms with Crippen LogP contribution in [0.1, 0.15) is 10.4 Å². The third kappa shape index (κ3) is 3.60. The lowest BCUT2D eigenvalue weighted by Crippen LogP contribution is -2.15. The molecule has 1 amide bonds. The minimum atomic E-state index is -1.18. The first-order chi connectivity index (χ1) is 9.34. The Morgan fingerprint density at radius 3 is 2.25 bits per heavy atom. The van der Waals surface area contributed by atoms with Crippen LogP contribution in [0.15, 0.2) is 12.7 Å². The average Bonchev–Trinajstić information content (AvgIpc) is 2.39. The van der Waals surface area contributed by atoms with Gasteiger partial charge < -0.3 is 15.2 Å². The summed E-state index contributed by atoms with van der Waals surface area (Å²) >= 11 is 5.47. The van der Waals surface area contributed by atoms with Gasteiger partial charge in [-0.1, -0.05) is 6.58 Å². The maximum absolute atomic E-state index is 11.4. The van der Waals surface area contributed by atoms with Crippen molar-refractivity contribution < 1.29 is 24.2 Å². The molecular weight excluding hydrogens is 607 g/mol. The fourth-order valence-corrected chi connectivity index (χ4v) is 5.42. The van der Waals surface area contributed by atoms with Crippen molar-refractivity contribution >= 4 is 91.8 Å². The Labute approximate surface area is 154 Å². The maximum atomic E-state index is 11.4. The molecule has 0 aliphatic carbocycles. The predicted molar refractivity (Wildman–Crippen MR) is 97.1 cm³/mol. The molecule has 1 aromatic rings. The molecule has 2 N–H and O–H groups in total. The van der Waals surface area contributed by atoms with E-state index in [0.29, 0.717) is 7.14 Å². The second-order valence-electron chi connectivity index (χ2n) is 3.23. The summed E-state index contributed by atoms with van der Waals surface area (Å²) < 4.78 is 5.89. The van der Waals surface area contributed by atoms with E-state index in [2.05, 4.69) is 11.9 Å². The molecule has 0 heterocycles. The van der Waals surface area contributed by atoms with Crippen LogP contribution in [0.3, 0.4) is 0 Å². The lowest BCUT2D eigenvalue weighted by atomic mass is 10.2. The summed E-state index contributed by atoms with van der Waals surface area (Å²) in [5.41, 5.74) is 0.230. The number of halogens is 3. The molecule has 0 fully saturated rings. The Morgan fingerprint density at radius 1 is 1.20 bits per heavy atom. The van der Waals surface area contributed by atoms with Crippen LogP contribution in [0.4, 0.5) is 5.69 Å². The molecule has 0 saturated heterocycles. The first kappa shape index (κ1) is 17.6. The van der Waals surface area contributed by atoms with Gasteiger partial charge in [0.1, 0.15) is 0 Å². The number of amides is 1. The second-order valence-corrected chi connectivity index (χ2v) is 6.47. The van der Waals surface area contributed by atoms with Crippen LogP contribution < -0.4 is 10.1 Å². The average molecular weight is 613 g/mol. The van der Waals surface area contributed by atoms with Gasteiger partial charge in [-0.2, -0.15) is 0 Å². The zero-order valence-corrected chi connectivity index (χ0v) is 16.0. The summed E-state index contributed by atoms with van der Waals surface area (Å²) in [6.45, 7) is 3.53. The third-order valence-electron chi connectivity index (χ3n) is 2.09. The van der Waals surface area contributed by atoms with Crippen molar-refractivity contribution in [2.75, 3.05) is 5.32 Å². The maximum Gasteiger partial charge on any atom is 0.338 e. The first-order valence-corrected chi connectivity index (χ1v) is 8.06. The number of carbonyl (C=O) groups excluding carboxylic acids is 2. The number of rotatable bonds is 5. The SMILES string of the molecule is C=CC(=O)Nc1c(I)c(OC=O)c(I)c(C(=O)O)c1I. The quantitative estimate of drug-likeness (QED) is 0.303. The fourth-order valence-electron chi connectivity index (χ4n) is 1.26. The Morgan fingerprint density at radius 2 is 1.80 bits per heavy atom. The number of aromatic carboxylic acids is 1. The fraction of sp³-hybridized carbons (Fsp3) is 0. The molecule has 0 unspecified atom stereocenters. The lowest BCUT2D eigenvalue weighted by Gasteiger charge is -2.16. The number of nitrogens with one attached hydrogen (secondary N) is 1. The van der Waals surface area contributed by atoms with Crippen molar-refractivity contribution in [3.63, 3.8) is 0 Å². The van der Waals surface area contributed by atoms with Gasteiger partial charge in [-0.3, -0.25) is 9.59 Å². The van der Waals surface area contributed by atoms with E-state index in [1.54, 1.807) is 22.6 Å². The molecule has 0 aliphatic heterocycles. The first-order valence-electron chi connectivity index (χ1n) is 4.82. The zero-order chi connectivity index (χ0) is 15.4. The highest BCUT2D eigenvalue weighted by atomic mass is 127. The molecule has 106 valence electrons. The van der Waals surface area contributed by atoms with Gasteiger partial charge >= 0.3 is 5.97 Å². The highest BCUT2D eigenvalue weighted by molar-refractivity contribution is 14.1. The third-order valence-corrected chi connectivity index (χ3v) is 5.23. The highest BCUT2D eigenvalue weighted by Gasteiger charge is 2.26. The molecule has 0 bridgehead atoms. The van der Waals surface area contributed by atoms with Crippen LogP contribution >= 0.6 is 67.8 Å². The van der Waals surface area contributed by atoms with Crippen LogP contribution in [0.25, 0.3) is 0 Å². The van der Waals surface area contributed by atoms with Crippen molar-refractivity contribution in [3.8, 4) is 5.75 Å². The van der Waals surface area contributed by atoms with Gasteiger partial charge in [-0.25, -0.2) is 4.79 Å². The molecule has 6 nitrogen and oxygen atoms in total. The molecular formula is C11H6I3NO5. The Kier molecular flexibility index (Phi) is 6.63. The number of carbonyl (C=O) groups is 3. The topological polar surface area (TPSA) is 92.7 Å². The Balaban J connectivity index is 3.65. The van der Waals surface area contributed by atoms with E-state index in [9.17, 15) is 19.5 Å². The minimum Gasteiger partial charge on any atom is -0.478 e. The second kappa shape index (κ2) is 7.53. The van der Waals surface area contributed by atoms with Crippen LogP contribution in [0.5, 0.6) is 5.75 Å². The monoisotopic (exact) mass is 613 g/mol. The molecule has 9 heteroatoms. The lowest BCUT2D eigenvalue weighted by molar-refractivity contribution is -0.120. The molecule has 0 spiro atoms. The predicted octanol–water partition coefficient (Wildman–Crippen LogP) is 2.86. The van der Waals surface area contributed by atoms with Crippen LogP contribution in [0.2, 0.25) is 0 Å². The highest BCUT2D eigenvalue weighted by Crippen LogP contribution is 2.40. The molecule has 0 aromatic heterocycles. The van der Waals surface area contributed by atoms with E-state index < -0.39 is 11.9 Å². The van der Waals surface area contributed by atoms with Gasteiger partial charge in [0.15, 0.2) is 5.75 Å². The van der Waals surface area contributed by atoms with Gasteiger partial charge in [-0.05, 0) is 73.8 Å². The Hall–Kier alpha value is -0.440. The molecule has 0 aliphatic rings. The van der Waals surface area contributed by atoms with Gasteiger partial charge in [0, 0.05) is 0 Å². The molecule has 0 radical (unpaired) electrons. The number of carboxylic acids is 1. The number of hydrogen-bond acceptors (Lipinski definition) is 4. The molecule has 0 saturated carbocycles.